The van der Waals surface area contributed by atoms with Gasteiger partial charge in [0.15, 0.2) is 0 Å². The molecule has 2 aromatic rings. The topological polar surface area (TPSA) is 58.7 Å². The number of hydrogen-bond donors (Lipinski definition) is 1. The van der Waals surface area contributed by atoms with Crippen LogP contribution in [0, 0.1) is 0 Å². The predicted octanol–water partition coefficient (Wildman–Crippen LogP) is 3.89. The van der Waals surface area contributed by atoms with Crippen LogP contribution in [-0.4, -0.2) is 24.7 Å². The van der Waals surface area contributed by atoms with Crippen LogP contribution >= 0.6 is 27.5 Å². The van der Waals surface area contributed by atoms with E-state index in [1.165, 1.54) is 0 Å². The summed E-state index contributed by atoms with van der Waals surface area (Å²) in [6, 6.07) is 10.5. The molecule has 0 saturated heterocycles. The number of aliphatic imine (C=N–C) groups is 1. The Morgan fingerprint density at radius 3 is 2.65 bits per heavy atom. The molecule has 0 radical (unpaired) electrons. The van der Waals surface area contributed by atoms with Crippen molar-refractivity contribution in [3.05, 3.63) is 57.0 Å². The molecule has 0 fully saturated rings. The van der Waals surface area contributed by atoms with Gasteiger partial charge in [-0.15, -0.1) is 0 Å². The summed E-state index contributed by atoms with van der Waals surface area (Å²) in [7, 11) is 1.74. The number of benzodiazepines with no additional fused rings is 1. The van der Waals surface area contributed by atoms with E-state index in [2.05, 4.69) is 20.9 Å². The number of hydrogen-bond acceptors (Lipinski definition) is 3. The van der Waals surface area contributed by atoms with Gasteiger partial charge < -0.3 is 10.6 Å². The van der Waals surface area contributed by atoms with Gasteiger partial charge in [0.1, 0.15) is 6.04 Å². The minimum atomic E-state index is -0.508. The molecule has 0 spiro atoms. The average molecular weight is 393 g/mol. The molecule has 0 aliphatic carbocycles. The maximum Gasteiger partial charge on any atom is 0.251 e. The van der Waals surface area contributed by atoms with Crippen LogP contribution in [0.4, 0.5) is 11.4 Å². The molecule has 0 saturated carbocycles. The summed E-state index contributed by atoms with van der Waals surface area (Å²) in [6.07, 6.45) is 0. The summed E-state index contributed by atoms with van der Waals surface area (Å²) in [6.45, 7) is 1.78. The fraction of sp³-hybridized carbons (Fsp3) is 0.176. The minimum absolute atomic E-state index is 0.0787. The Kier molecular flexibility index (Phi) is 4.17. The molecule has 2 N–H and O–H groups in total. The van der Waals surface area contributed by atoms with Crippen molar-refractivity contribution in [1.29, 1.82) is 0 Å². The third-order valence-corrected chi connectivity index (χ3v) is 5.07. The van der Waals surface area contributed by atoms with Gasteiger partial charge in [-0.05, 0) is 41.1 Å². The second-order valence-corrected chi connectivity index (χ2v) is 6.59. The first kappa shape index (κ1) is 16.0. The molecule has 23 heavy (non-hydrogen) atoms. The molecule has 1 atom stereocenters. The van der Waals surface area contributed by atoms with Gasteiger partial charge in [-0.1, -0.05) is 29.8 Å². The number of rotatable bonds is 1. The number of anilines is 2. The smallest absolute Gasteiger partial charge is 0.251 e. The van der Waals surface area contributed by atoms with Crippen LogP contribution in [0.2, 0.25) is 5.02 Å². The molecule has 0 aromatic heterocycles. The zero-order chi connectivity index (χ0) is 16.7. The van der Waals surface area contributed by atoms with E-state index in [-0.39, 0.29) is 5.91 Å². The third kappa shape index (κ3) is 2.64. The van der Waals surface area contributed by atoms with Crippen LogP contribution in [-0.2, 0) is 4.79 Å². The van der Waals surface area contributed by atoms with E-state index < -0.39 is 6.04 Å². The summed E-state index contributed by atoms with van der Waals surface area (Å²) >= 11 is 9.91. The zero-order valence-electron chi connectivity index (χ0n) is 12.7. The number of fused-ring (bicyclic) bond motifs is 1. The van der Waals surface area contributed by atoms with E-state index in [1.54, 1.807) is 31.0 Å². The van der Waals surface area contributed by atoms with E-state index in [0.717, 1.165) is 16.8 Å². The molecule has 1 aliphatic heterocycles. The van der Waals surface area contributed by atoms with Crippen LogP contribution in [0.15, 0.2) is 45.9 Å². The summed E-state index contributed by atoms with van der Waals surface area (Å²) in [5.41, 5.74) is 9.59. The van der Waals surface area contributed by atoms with Crippen LogP contribution in [0.3, 0.4) is 0 Å². The summed E-state index contributed by atoms with van der Waals surface area (Å²) in [5, 5.41) is 0.579. The molecule has 1 amide bonds. The molecule has 2 aromatic carbocycles. The van der Waals surface area contributed by atoms with Crippen LogP contribution < -0.4 is 10.6 Å². The second kappa shape index (κ2) is 5.98. The lowest BCUT2D eigenvalue weighted by Gasteiger charge is -2.20. The standard InChI is InChI=1S/C17H15BrClN3O/c1-9-17(23)22(2)13-8-7-12(20)15(18)14(13)16(21-9)10-5-3-4-6-11(10)19/h3-9H,20H2,1-2H3. The number of carbonyl (C=O) groups is 1. The maximum atomic E-state index is 12.5. The Morgan fingerprint density at radius 1 is 1.26 bits per heavy atom. The van der Waals surface area contributed by atoms with Gasteiger partial charge in [0.2, 0.25) is 0 Å². The van der Waals surface area contributed by atoms with Crippen molar-refractivity contribution in [2.75, 3.05) is 17.7 Å². The van der Waals surface area contributed by atoms with Gasteiger partial charge in [-0.2, -0.15) is 0 Å². The second-order valence-electron chi connectivity index (χ2n) is 5.39. The number of nitrogens with zero attached hydrogens (tertiary/aromatic N) is 2. The van der Waals surface area contributed by atoms with E-state index in [9.17, 15) is 4.79 Å². The van der Waals surface area contributed by atoms with E-state index in [0.29, 0.717) is 20.9 Å². The number of nitrogens with two attached hydrogens (primary N) is 1. The lowest BCUT2D eigenvalue weighted by molar-refractivity contribution is -0.119. The van der Waals surface area contributed by atoms with Crippen LogP contribution in [0.5, 0.6) is 0 Å². The highest BCUT2D eigenvalue weighted by Gasteiger charge is 2.30. The van der Waals surface area contributed by atoms with Crippen molar-refractivity contribution >= 4 is 50.5 Å². The Balaban J connectivity index is 2.37. The highest BCUT2D eigenvalue weighted by atomic mass is 79.9. The van der Waals surface area contributed by atoms with Gasteiger partial charge in [0, 0.05) is 28.9 Å². The molecule has 118 valence electrons. The fourth-order valence-corrected chi connectivity index (χ4v) is 3.40. The number of halogens is 2. The first-order chi connectivity index (χ1) is 10.9. The van der Waals surface area contributed by atoms with Gasteiger partial charge in [0.25, 0.3) is 5.91 Å². The number of amides is 1. The highest BCUT2D eigenvalue weighted by molar-refractivity contribution is 9.10. The minimum Gasteiger partial charge on any atom is -0.398 e. The Hall–Kier alpha value is -1.85. The first-order valence-corrected chi connectivity index (χ1v) is 8.27. The molecule has 1 aliphatic rings. The van der Waals surface area contributed by atoms with E-state index in [4.69, 9.17) is 17.3 Å². The van der Waals surface area contributed by atoms with Crippen molar-refractivity contribution in [1.82, 2.24) is 0 Å². The molecule has 0 bridgehead atoms. The van der Waals surface area contributed by atoms with Crippen molar-refractivity contribution in [2.45, 2.75) is 13.0 Å². The van der Waals surface area contributed by atoms with Crippen molar-refractivity contribution in [3.8, 4) is 0 Å². The quantitative estimate of drug-likeness (QED) is 0.749. The third-order valence-electron chi connectivity index (χ3n) is 3.89. The summed E-state index contributed by atoms with van der Waals surface area (Å²) < 4.78 is 0.711. The monoisotopic (exact) mass is 391 g/mol. The van der Waals surface area contributed by atoms with Gasteiger partial charge in [-0.25, -0.2) is 0 Å². The lowest BCUT2D eigenvalue weighted by Crippen LogP contribution is -2.33. The van der Waals surface area contributed by atoms with Gasteiger partial charge in [-0.3, -0.25) is 9.79 Å². The maximum absolute atomic E-state index is 12.5. The summed E-state index contributed by atoms with van der Waals surface area (Å²) in [5.74, 6) is -0.0787. The number of likely N-dealkylation sites (N-methyl/N-ethyl adjacent to an activating group) is 1. The molecule has 6 heteroatoms. The first-order valence-electron chi connectivity index (χ1n) is 7.10. The van der Waals surface area contributed by atoms with Crippen molar-refractivity contribution in [2.24, 2.45) is 4.99 Å². The van der Waals surface area contributed by atoms with Gasteiger partial charge in [0.05, 0.1) is 15.9 Å². The number of carbonyl (C=O) groups excluding carboxylic acids is 1. The van der Waals surface area contributed by atoms with Crippen LogP contribution in [0.25, 0.3) is 0 Å². The zero-order valence-corrected chi connectivity index (χ0v) is 15.0. The molecule has 1 heterocycles. The van der Waals surface area contributed by atoms with E-state index in [1.807, 2.05) is 24.3 Å². The summed E-state index contributed by atoms with van der Waals surface area (Å²) in [4.78, 5) is 18.8. The Labute approximate surface area is 148 Å². The fourth-order valence-electron chi connectivity index (χ4n) is 2.66. The Bertz CT molecular complexity index is 835. The molecule has 4 nitrogen and oxygen atoms in total. The van der Waals surface area contributed by atoms with E-state index >= 15 is 0 Å². The normalized spacial score (nSPS) is 17.6. The lowest BCUT2D eigenvalue weighted by atomic mass is 9.99. The predicted molar refractivity (Wildman–Crippen MR) is 98.5 cm³/mol. The van der Waals surface area contributed by atoms with Crippen molar-refractivity contribution < 1.29 is 4.79 Å². The molecular weight excluding hydrogens is 378 g/mol. The average Bonchev–Trinajstić information content (AvgIpc) is 2.62. The number of benzene rings is 2. The molecule has 1 unspecified atom stereocenters. The molecule has 3 rings (SSSR count). The molecular formula is C17H15BrClN3O. The van der Waals surface area contributed by atoms with Gasteiger partial charge >= 0.3 is 0 Å². The van der Waals surface area contributed by atoms with Crippen LogP contribution in [0.1, 0.15) is 18.1 Å². The Morgan fingerprint density at radius 2 is 1.96 bits per heavy atom. The highest BCUT2D eigenvalue weighted by Crippen LogP contribution is 2.37. The largest absolute Gasteiger partial charge is 0.398 e. The van der Waals surface area contributed by atoms with Crippen molar-refractivity contribution in [3.63, 3.8) is 0 Å². The SMILES string of the molecule is CC1N=C(c2ccccc2Cl)c2c(ccc(N)c2Br)N(C)C1=O. The number of nitrogen functional groups attached to an aromatic ring is 1.